The van der Waals surface area contributed by atoms with E-state index in [1.807, 2.05) is 18.2 Å². The molecule has 12 aromatic rings. The van der Waals surface area contributed by atoms with Crippen LogP contribution in [0.4, 0.5) is 0 Å². The number of fused-ring (bicyclic) bond motifs is 8. The van der Waals surface area contributed by atoms with Gasteiger partial charge in [-0.25, -0.2) is 15.0 Å². The Balaban J connectivity index is 1.07. The van der Waals surface area contributed by atoms with Crippen LogP contribution in [0.2, 0.25) is 0 Å². The lowest BCUT2D eigenvalue weighted by Gasteiger charge is -2.15. The van der Waals surface area contributed by atoms with Crippen LogP contribution >= 0.6 is 0 Å². The average Bonchev–Trinajstić information content (AvgIpc) is 3.84. The smallest absolute Gasteiger partial charge is 0.164 e. The Labute approximate surface area is 332 Å². The molecular formula is C52H31N5O. The SMILES string of the molecule is c1ccc2cc(-c3ccc(-c4nc(-c5ccc(-n6c7ccccc7c7ccccc76)c6ccccc56)nc(-c5cccc6oc7cnccc7c56)n4)cc3)ccc2c1. The summed E-state index contributed by atoms with van der Waals surface area (Å²) < 4.78 is 8.63. The molecule has 0 amide bonds. The van der Waals surface area contributed by atoms with Crippen LogP contribution in [0.5, 0.6) is 0 Å². The van der Waals surface area contributed by atoms with Gasteiger partial charge in [-0.05, 0) is 69.8 Å². The summed E-state index contributed by atoms with van der Waals surface area (Å²) >= 11 is 0. The van der Waals surface area contributed by atoms with Crippen molar-refractivity contribution in [3.8, 4) is 51.0 Å². The fourth-order valence-electron chi connectivity index (χ4n) is 8.65. The predicted octanol–water partition coefficient (Wildman–Crippen LogP) is 13.2. The second-order valence-corrected chi connectivity index (χ2v) is 14.6. The molecule has 0 radical (unpaired) electrons. The summed E-state index contributed by atoms with van der Waals surface area (Å²) in [6, 6.07) is 61.7. The van der Waals surface area contributed by atoms with Gasteiger partial charge in [-0.2, -0.15) is 0 Å². The van der Waals surface area contributed by atoms with E-state index >= 15 is 0 Å². The molecule has 4 aromatic heterocycles. The lowest BCUT2D eigenvalue weighted by atomic mass is 10.00. The van der Waals surface area contributed by atoms with Gasteiger partial charge in [0.2, 0.25) is 0 Å². The maximum absolute atomic E-state index is 6.26. The maximum Gasteiger partial charge on any atom is 0.164 e. The number of furan rings is 1. The zero-order valence-electron chi connectivity index (χ0n) is 31.0. The summed E-state index contributed by atoms with van der Waals surface area (Å²) in [6.45, 7) is 0. The summed E-state index contributed by atoms with van der Waals surface area (Å²) in [5.74, 6) is 1.75. The van der Waals surface area contributed by atoms with E-state index in [2.05, 4.69) is 167 Å². The Kier molecular flexibility index (Phi) is 7.13. The van der Waals surface area contributed by atoms with Gasteiger partial charge in [-0.1, -0.05) is 133 Å². The molecule has 8 aromatic carbocycles. The number of rotatable bonds is 5. The summed E-state index contributed by atoms with van der Waals surface area (Å²) in [4.78, 5) is 20.1. The topological polar surface area (TPSA) is 69.6 Å². The quantitative estimate of drug-likeness (QED) is 0.176. The molecule has 0 saturated carbocycles. The predicted molar refractivity (Wildman–Crippen MR) is 236 cm³/mol. The second-order valence-electron chi connectivity index (χ2n) is 14.6. The van der Waals surface area contributed by atoms with E-state index < -0.39 is 0 Å². The first-order valence-corrected chi connectivity index (χ1v) is 19.4. The number of para-hydroxylation sites is 2. The third kappa shape index (κ3) is 5.05. The maximum atomic E-state index is 6.26. The molecule has 0 unspecified atom stereocenters. The van der Waals surface area contributed by atoms with Gasteiger partial charge in [-0.3, -0.25) is 4.98 Å². The van der Waals surface area contributed by atoms with Gasteiger partial charge in [0, 0.05) is 49.8 Å². The van der Waals surface area contributed by atoms with Crippen LogP contribution in [0.15, 0.2) is 193 Å². The van der Waals surface area contributed by atoms with Crippen molar-refractivity contribution in [2.45, 2.75) is 0 Å². The molecule has 6 nitrogen and oxygen atoms in total. The first kappa shape index (κ1) is 32.3. The molecule has 0 saturated heterocycles. The molecule has 270 valence electrons. The van der Waals surface area contributed by atoms with E-state index in [0.717, 1.165) is 77.2 Å². The standard InChI is InChI=1S/C52H31N5O/c1-2-11-35-30-36(25-22-32(35)10-1)33-20-23-34(24-21-33)50-54-51(56-52(55-50)43-16-9-19-47-49(43)42-28-29-53-31-48(42)58-47)41-26-27-46(38-13-4-3-12-37(38)41)57-44-17-7-5-14-39(44)40-15-6-8-18-45(40)57/h1-31H. The van der Waals surface area contributed by atoms with Crippen LogP contribution in [-0.4, -0.2) is 24.5 Å². The van der Waals surface area contributed by atoms with Crippen molar-refractivity contribution in [1.82, 2.24) is 24.5 Å². The van der Waals surface area contributed by atoms with Crippen molar-refractivity contribution < 1.29 is 4.42 Å². The van der Waals surface area contributed by atoms with Crippen molar-refractivity contribution in [3.05, 3.63) is 188 Å². The van der Waals surface area contributed by atoms with Gasteiger partial charge in [0.15, 0.2) is 23.1 Å². The molecule has 6 heteroatoms. The highest BCUT2D eigenvalue weighted by Crippen LogP contribution is 2.40. The second kappa shape index (κ2) is 12.8. The van der Waals surface area contributed by atoms with E-state index in [-0.39, 0.29) is 0 Å². The third-order valence-electron chi connectivity index (χ3n) is 11.4. The average molecular weight is 742 g/mol. The van der Waals surface area contributed by atoms with Crippen LogP contribution in [0.1, 0.15) is 0 Å². The fourth-order valence-corrected chi connectivity index (χ4v) is 8.65. The van der Waals surface area contributed by atoms with Crippen LogP contribution in [0.3, 0.4) is 0 Å². The summed E-state index contributed by atoms with van der Waals surface area (Å²) in [6.07, 6.45) is 3.55. The molecule has 4 heterocycles. The normalized spacial score (nSPS) is 11.8. The molecule has 0 spiro atoms. The summed E-state index contributed by atoms with van der Waals surface area (Å²) in [5, 5.41) is 8.94. The molecule has 12 rings (SSSR count). The third-order valence-corrected chi connectivity index (χ3v) is 11.4. The van der Waals surface area contributed by atoms with E-state index in [0.29, 0.717) is 17.5 Å². The van der Waals surface area contributed by atoms with Gasteiger partial charge >= 0.3 is 0 Å². The zero-order valence-corrected chi connectivity index (χ0v) is 31.0. The molecular weight excluding hydrogens is 711 g/mol. The molecule has 0 N–H and O–H groups in total. The summed E-state index contributed by atoms with van der Waals surface area (Å²) in [5.41, 5.74) is 9.86. The lowest BCUT2D eigenvalue weighted by molar-refractivity contribution is 0.667. The molecule has 0 atom stereocenters. The van der Waals surface area contributed by atoms with Crippen LogP contribution in [-0.2, 0) is 0 Å². The van der Waals surface area contributed by atoms with Crippen LogP contribution in [0.25, 0.3) is 116 Å². The minimum absolute atomic E-state index is 0.569. The number of hydrogen-bond donors (Lipinski definition) is 0. The van der Waals surface area contributed by atoms with Crippen molar-refractivity contribution in [3.63, 3.8) is 0 Å². The van der Waals surface area contributed by atoms with Crippen molar-refractivity contribution in [2.24, 2.45) is 0 Å². The molecule has 0 aliphatic rings. The Morgan fingerprint density at radius 3 is 1.83 bits per heavy atom. The molecule has 0 aliphatic heterocycles. The van der Waals surface area contributed by atoms with E-state index in [9.17, 15) is 0 Å². The van der Waals surface area contributed by atoms with Gasteiger partial charge in [0.1, 0.15) is 5.58 Å². The largest absolute Gasteiger partial charge is 0.454 e. The van der Waals surface area contributed by atoms with Gasteiger partial charge < -0.3 is 8.98 Å². The first-order chi connectivity index (χ1) is 28.7. The monoisotopic (exact) mass is 741 g/mol. The first-order valence-electron chi connectivity index (χ1n) is 19.4. The van der Waals surface area contributed by atoms with Crippen LogP contribution < -0.4 is 0 Å². The van der Waals surface area contributed by atoms with Crippen molar-refractivity contribution in [1.29, 1.82) is 0 Å². The number of benzene rings is 8. The van der Waals surface area contributed by atoms with E-state index in [4.69, 9.17) is 19.4 Å². The molecule has 0 fully saturated rings. The van der Waals surface area contributed by atoms with Gasteiger partial charge in [0.25, 0.3) is 0 Å². The van der Waals surface area contributed by atoms with E-state index in [1.165, 1.54) is 21.5 Å². The summed E-state index contributed by atoms with van der Waals surface area (Å²) in [7, 11) is 0. The molecule has 0 aliphatic carbocycles. The van der Waals surface area contributed by atoms with Gasteiger partial charge in [0.05, 0.1) is 22.9 Å². The Morgan fingerprint density at radius 1 is 0.397 bits per heavy atom. The minimum atomic E-state index is 0.569. The molecule has 58 heavy (non-hydrogen) atoms. The van der Waals surface area contributed by atoms with Crippen LogP contribution in [0, 0.1) is 0 Å². The van der Waals surface area contributed by atoms with Gasteiger partial charge in [-0.15, -0.1) is 0 Å². The fraction of sp³-hybridized carbons (Fsp3) is 0. The Morgan fingerprint density at radius 2 is 1.03 bits per heavy atom. The van der Waals surface area contributed by atoms with Crippen molar-refractivity contribution in [2.75, 3.05) is 0 Å². The zero-order chi connectivity index (χ0) is 38.2. The highest BCUT2D eigenvalue weighted by molar-refractivity contribution is 6.13. The lowest BCUT2D eigenvalue weighted by Crippen LogP contribution is -2.02. The highest BCUT2D eigenvalue weighted by atomic mass is 16.3. The van der Waals surface area contributed by atoms with Crippen molar-refractivity contribution >= 4 is 65.3 Å². The number of nitrogens with zero attached hydrogens (tertiary/aromatic N) is 5. The number of aromatic nitrogens is 5. The minimum Gasteiger partial charge on any atom is -0.454 e. The number of pyridine rings is 1. The molecule has 0 bridgehead atoms. The Bertz CT molecular complexity index is 3530. The van der Waals surface area contributed by atoms with E-state index in [1.54, 1.807) is 12.4 Å². The Hall–Kier alpha value is -7.96. The highest BCUT2D eigenvalue weighted by Gasteiger charge is 2.21. The number of hydrogen-bond acceptors (Lipinski definition) is 5.